The predicted octanol–water partition coefficient (Wildman–Crippen LogP) is 15.2. The fourth-order valence-corrected chi connectivity index (χ4v) is 7.05. The zero-order valence-corrected chi connectivity index (χ0v) is 32.0. The Morgan fingerprint density at radius 1 is 0.592 bits per heavy atom. The lowest BCUT2D eigenvalue weighted by molar-refractivity contribution is 0.856. The maximum atomic E-state index is 2.48. The minimum atomic E-state index is 0.442. The van der Waals surface area contributed by atoms with Gasteiger partial charge in [-0.25, -0.2) is 0 Å². The maximum Gasteiger partial charge on any atom is 0.00561 e. The highest BCUT2D eigenvalue weighted by Crippen LogP contribution is 2.46. The molecule has 1 atom stereocenters. The number of allylic oxidation sites excluding steroid dienone is 5. The first-order valence-electron chi connectivity index (χ1n) is 19.1. The monoisotopic (exact) mass is 648 g/mol. The largest absolute Gasteiger partial charge is 0.0836 e. The highest BCUT2D eigenvalue weighted by atomic mass is 14.3. The van der Waals surface area contributed by atoms with Gasteiger partial charge in [0, 0.05) is 5.92 Å². The maximum absolute atomic E-state index is 2.48. The molecular weight excluding hydrogens is 589 g/mol. The van der Waals surface area contributed by atoms with Crippen molar-refractivity contribution in [3.63, 3.8) is 0 Å². The van der Waals surface area contributed by atoms with Gasteiger partial charge in [0.2, 0.25) is 0 Å². The number of rotatable bonds is 5. The average Bonchev–Trinajstić information content (AvgIpc) is 3.21. The third kappa shape index (κ3) is 8.42. The number of aryl methyl sites for hydroxylation is 1. The third-order valence-corrected chi connectivity index (χ3v) is 9.12. The number of hydrogen-bond acceptors (Lipinski definition) is 0. The van der Waals surface area contributed by atoms with Crippen LogP contribution in [0, 0.1) is 6.92 Å². The summed E-state index contributed by atoms with van der Waals surface area (Å²) < 4.78 is 0. The van der Waals surface area contributed by atoms with Crippen molar-refractivity contribution in [1.82, 2.24) is 0 Å². The van der Waals surface area contributed by atoms with Gasteiger partial charge in [0.1, 0.15) is 0 Å². The zero-order chi connectivity index (χ0) is 35.8. The van der Waals surface area contributed by atoms with Crippen LogP contribution in [0.25, 0.3) is 44.7 Å². The first-order valence-corrected chi connectivity index (χ1v) is 19.1. The summed E-state index contributed by atoms with van der Waals surface area (Å²) in [6, 6.07) is 35.8. The minimum Gasteiger partial charge on any atom is -0.0836 e. The van der Waals surface area contributed by atoms with Crippen LogP contribution in [-0.2, 0) is 12.8 Å². The molecular formula is C49H60. The Morgan fingerprint density at radius 2 is 1.18 bits per heavy atom. The van der Waals surface area contributed by atoms with Crippen LogP contribution in [0.2, 0.25) is 0 Å². The van der Waals surface area contributed by atoms with E-state index in [1.165, 1.54) is 72.0 Å². The molecule has 5 aromatic rings. The molecule has 0 bridgehead atoms. The van der Waals surface area contributed by atoms with Crippen molar-refractivity contribution in [2.75, 3.05) is 0 Å². The second-order valence-electron chi connectivity index (χ2n) is 11.4. The summed E-state index contributed by atoms with van der Waals surface area (Å²) in [7, 11) is 0. The molecule has 0 saturated carbocycles. The lowest BCUT2D eigenvalue weighted by Crippen LogP contribution is -2.06. The van der Waals surface area contributed by atoms with Gasteiger partial charge < -0.3 is 0 Å². The Labute approximate surface area is 299 Å². The molecule has 0 N–H and O–H groups in total. The molecule has 0 fully saturated rings. The minimum absolute atomic E-state index is 0.442. The van der Waals surface area contributed by atoms with Crippen molar-refractivity contribution < 1.29 is 0 Å². The van der Waals surface area contributed by atoms with Gasteiger partial charge in [-0.1, -0.05) is 190 Å². The molecule has 0 heterocycles. The van der Waals surface area contributed by atoms with E-state index in [-0.39, 0.29) is 0 Å². The summed E-state index contributed by atoms with van der Waals surface area (Å²) in [5, 5.41) is 2.71. The molecule has 2 aliphatic rings. The molecule has 0 amide bonds. The first kappa shape index (κ1) is 39.0. The van der Waals surface area contributed by atoms with Crippen LogP contribution >= 0.6 is 0 Å². The van der Waals surface area contributed by atoms with Crippen molar-refractivity contribution in [2.45, 2.75) is 101 Å². The van der Waals surface area contributed by atoms with Gasteiger partial charge >= 0.3 is 0 Å². The van der Waals surface area contributed by atoms with E-state index in [0.717, 1.165) is 25.7 Å². The second kappa shape index (κ2) is 20.2. The van der Waals surface area contributed by atoms with Crippen LogP contribution in [0.3, 0.4) is 0 Å². The molecule has 0 aliphatic heterocycles. The van der Waals surface area contributed by atoms with Crippen molar-refractivity contribution in [2.24, 2.45) is 0 Å². The van der Waals surface area contributed by atoms with Crippen molar-refractivity contribution in [3.8, 4) is 22.3 Å². The van der Waals surface area contributed by atoms with Gasteiger partial charge in [-0.15, -0.1) is 0 Å². The molecule has 256 valence electrons. The molecule has 0 spiro atoms. The van der Waals surface area contributed by atoms with Crippen LogP contribution in [0.15, 0.2) is 121 Å². The number of fused-ring (bicyclic) bond motifs is 2. The number of hydrogen-bond donors (Lipinski definition) is 0. The summed E-state index contributed by atoms with van der Waals surface area (Å²) in [6.45, 7) is 20.6. The van der Waals surface area contributed by atoms with Crippen LogP contribution in [-0.4, -0.2) is 0 Å². The van der Waals surface area contributed by atoms with Crippen LogP contribution in [0.1, 0.15) is 114 Å². The molecule has 7 rings (SSSR count). The van der Waals surface area contributed by atoms with Gasteiger partial charge in [-0.3, -0.25) is 0 Å². The Balaban J connectivity index is 0.000000760. The van der Waals surface area contributed by atoms with Gasteiger partial charge in [-0.05, 0) is 105 Å². The van der Waals surface area contributed by atoms with Gasteiger partial charge in [-0.2, -0.15) is 0 Å². The summed E-state index contributed by atoms with van der Waals surface area (Å²) in [4.78, 5) is 0. The fraction of sp³-hybridized carbons (Fsp3) is 0.306. The molecule has 49 heavy (non-hydrogen) atoms. The molecule has 0 nitrogen and oxygen atoms in total. The summed E-state index contributed by atoms with van der Waals surface area (Å²) >= 11 is 0. The SMILES string of the molecule is CC.CC.CC.CC.CCc1ccccc1-c1cccc(-c2c3c(c(C4=CCC(c5ccccc5)C=C4)c4ccccc24)CCC=C3)c1C. The second-order valence-corrected chi connectivity index (χ2v) is 11.4. The first-order chi connectivity index (χ1) is 24.2. The molecule has 2 aliphatic carbocycles. The normalized spacial score (nSPS) is 13.9. The van der Waals surface area contributed by atoms with E-state index in [9.17, 15) is 0 Å². The van der Waals surface area contributed by atoms with Gasteiger partial charge in [0.05, 0.1) is 0 Å². The number of benzene rings is 5. The van der Waals surface area contributed by atoms with E-state index < -0.39 is 0 Å². The van der Waals surface area contributed by atoms with Crippen molar-refractivity contribution >= 4 is 22.4 Å². The van der Waals surface area contributed by atoms with E-state index in [2.05, 4.69) is 141 Å². The molecule has 0 saturated heterocycles. The van der Waals surface area contributed by atoms with Crippen LogP contribution in [0.4, 0.5) is 0 Å². The molecule has 5 aromatic carbocycles. The lowest BCUT2D eigenvalue weighted by atomic mass is 9.77. The highest BCUT2D eigenvalue weighted by molar-refractivity contribution is 6.09. The van der Waals surface area contributed by atoms with Crippen LogP contribution in [0.5, 0.6) is 0 Å². The van der Waals surface area contributed by atoms with E-state index in [0.29, 0.717) is 5.92 Å². The topological polar surface area (TPSA) is 0 Å². The zero-order valence-electron chi connectivity index (χ0n) is 32.0. The van der Waals surface area contributed by atoms with E-state index in [1.807, 2.05) is 55.4 Å². The fourth-order valence-electron chi connectivity index (χ4n) is 7.05. The molecule has 0 aromatic heterocycles. The van der Waals surface area contributed by atoms with E-state index in [1.54, 1.807) is 0 Å². The smallest absolute Gasteiger partial charge is 0.00561 e. The molecule has 1 unspecified atom stereocenters. The van der Waals surface area contributed by atoms with Gasteiger partial charge in [0.15, 0.2) is 0 Å². The van der Waals surface area contributed by atoms with Crippen molar-refractivity contribution in [1.29, 1.82) is 0 Å². The Kier molecular flexibility index (Phi) is 16.1. The van der Waals surface area contributed by atoms with E-state index >= 15 is 0 Å². The Hall–Kier alpha value is -4.42. The lowest BCUT2D eigenvalue weighted by Gasteiger charge is -2.26. The van der Waals surface area contributed by atoms with Gasteiger partial charge in [0.25, 0.3) is 0 Å². The Morgan fingerprint density at radius 3 is 1.84 bits per heavy atom. The van der Waals surface area contributed by atoms with Crippen LogP contribution < -0.4 is 0 Å². The van der Waals surface area contributed by atoms with Crippen molar-refractivity contribution in [3.05, 3.63) is 155 Å². The Bertz CT molecular complexity index is 1850. The quantitative estimate of drug-likeness (QED) is 0.178. The molecule has 0 heteroatoms. The third-order valence-electron chi connectivity index (χ3n) is 9.12. The predicted molar refractivity (Wildman–Crippen MR) is 223 cm³/mol. The summed E-state index contributed by atoms with van der Waals surface area (Å²) in [5.41, 5.74) is 15.3. The summed E-state index contributed by atoms with van der Waals surface area (Å²) in [5.74, 6) is 0.442. The standard InChI is InChI=1S/C41H36.4C2H6/c1-3-29-14-7-8-17-35(29)33-22-13-23-34(28(33)2)41-38-20-11-9-18-36(38)40(37-19-10-12-21-39(37)41)32-26-24-31(25-27-32)30-15-5-4-6-16-30;4*1-2/h4-9,11-18,20-24,26-27,31H,3,10,19,25H2,1-2H3;4*1-2H3. The molecule has 0 radical (unpaired) electrons. The van der Waals surface area contributed by atoms with E-state index in [4.69, 9.17) is 0 Å². The average molecular weight is 649 g/mol. The summed E-state index contributed by atoms with van der Waals surface area (Å²) in [6.07, 6.45) is 16.3. The highest BCUT2D eigenvalue weighted by Gasteiger charge is 2.24.